The predicted molar refractivity (Wildman–Crippen MR) is 45.4 cm³/mol. The van der Waals surface area contributed by atoms with Gasteiger partial charge in [0.05, 0.1) is 0 Å². The van der Waals surface area contributed by atoms with Gasteiger partial charge in [0.1, 0.15) is 0 Å². The lowest BCUT2D eigenvalue weighted by Gasteiger charge is -1.83. The Hall–Kier alpha value is -1.42. The van der Waals surface area contributed by atoms with Crippen molar-refractivity contribution in [3.8, 4) is 12.3 Å². The molecule has 52 valence electrons. The Bertz CT molecular complexity index is 196. The molecule has 0 fully saturated rings. The second-order valence-electron chi connectivity index (χ2n) is 1.70. The molecular weight excluding hydrogens is 122 g/mol. The predicted octanol–water partition coefficient (Wildman–Crippen LogP) is 1.91. The normalized spacial score (nSPS) is 6.80. The first-order valence-electron chi connectivity index (χ1n) is 2.99. The molecule has 1 heteroatoms. The molecule has 0 radical (unpaired) electrons. The first-order chi connectivity index (χ1) is 4.81. The molecule has 1 aromatic carbocycles. The smallest absolute Gasteiger partial charge is 0.0313 e. The molecule has 1 aromatic rings. The summed E-state index contributed by atoms with van der Waals surface area (Å²) in [5, 5.41) is 0. The fourth-order valence-corrected chi connectivity index (χ4v) is 0.453. The van der Waals surface area contributed by atoms with Gasteiger partial charge in [0.2, 0.25) is 0 Å². The van der Waals surface area contributed by atoms with Gasteiger partial charge in [-0.3, -0.25) is 0 Å². The number of rotatable bonds is 0. The zero-order valence-corrected chi connectivity index (χ0v) is 6.04. The summed E-state index contributed by atoms with van der Waals surface area (Å²) >= 11 is 0. The minimum Gasteiger partial charge on any atom is -0.399 e. The van der Waals surface area contributed by atoms with Gasteiger partial charge in [0.15, 0.2) is 0 Å². The molecule has 10 heavy (non-hydrogen) atoms. The summed E-state index contributed by atoms with van der Waals surface area (Å²) in [4.78, 5) is 0. The Balaban J connectivity index is 0.000000236. The zero-order chi connectivity index (χ0) is 7.82. The van der Waals surface area contributed by atoms with Crippen molar-refractivity contribution in [1.82, 2.24) is 0 Å². The van der Waals surface area contributed by atoms with Crippen molar-refractivity contribution in [3.63, 3.8) is 0 Å². The molecule has 0 saturated carbocycles. The minimum atomic E-state index is 0.822. The van der Waals surface area contributed by atoms with Crippen molar-refractivity contribution >= 4 is 5.69 Å². The molecule has 0 heterocycles. The Kier molecular flexibility index (Phi) is 4.90. The van der Waals surface area contributed by atoms with Crippen LogP contribution >= 0.6 is 0 Å². The molecular formula is C9H11N. The standard InChI is InChI=1S/C6H7N.C3H4/c7-6-4-2-1-3-5-6;1-3-2/h1-5H,7H2;1H,2H3. The fourth-order valence-electron chi connectivity index (χ4n) is 0.453. The van der Waals surface area contributed by atoms with Gasteiger partial charge >= 0.3 is 0 Å². The van der Waals surface area contributed by atoms with Crippen molar-refractivity contribution in [2.45, 2.75) is 6.92 Å². The summed E-state index contributed by atoms with van der Waals surface area (Å²) in [6.07, 6.45) is 4.60. The van der Waals surface area contributed by atoms with Gasteiger partial charge in [-0.2, -0.15) is 0 Å². The van der Waals surface area contributed by atoms with E-state index < -0.39 is 0 Å². The average molecular weight is 133 g/mol. The molecule has 0 spiro atoms. The highest BCUT2D eigenvalue weighted by Crippen LogP contribution is 1.95. The molecule has 0 aromatic heterocycles. The van der Waals surface area contributed by atoms with E-state index in [1.165, 1.54) is 0 Å². The Morgan fingerprint density at radius 2 is 1.70 bits per heavy atom. The fraction of sp³-hybridized carbons (Fsp3) is 0.111. The SMILES string of the molecule is C#CC.Nc1ccccc1. The molecule has 0 atom stereocenters. The number of terminal acetylenes is 1. The van der Waals surface area contributed by atoms with Crippen molar-refractivity contribution in [3.05, 3.63) is 30.3 Å². The first kappa shape index (κ1) is 8.58. The maximum Gasteiger partial charge on any atom is 0.0313 e. The van der Waals surface area contributed by atoms with Gasteiger partial charge in [0.25, 0.3) is 0 Å². The lowest BCUT2D eigenvalue weighted by Crippen LogP contribution is -1.79. The van der Waals surface area contributed by atoms with Crippen LogP contribution in [0.15, 0.2) is 30.3 Å². The molecule has 0 bridgehead atoms. The van der Waals surface area contributed by atoms with E-state index in [2.05, 4.69) is 12.3 Å². The van der Waals surface area contributed by atoms with Gasteiger partial charge in [-0.05, 0) is 19.1 Å². The molecule has 0 aliphatic carbocycles. The topological polar surface area (TPSA) is 26.0 Å². The van der Waals surface area contributed by atoms with Crippen molar-refractivity contribution in [2.75, 3.05) is 5.73 Å². The van der Waals surface area contributed by atoms with E-state index in [1.807, 2.05) is 30.3 Å². The van der Waals surface area contributed by atoms with Gasteiger partial charge in [0, 0.05) is 5.69 Å². The quantitative estimate of drug-likeness (QED) is 0.424. The maximum atomic E-state index is 5.36. The zero-order valence-electron chi connectivity index (χ0n) is 6.04. The van der Waals surface area contributed by atoms with E-state index in [0.717, 1.165) is 5.69 Å². The molecule has 0 unspecified atom stereocenters. The van der Waals surface area contributed by atoms with Crippen LogP contribution in [-0.4, -0.2) is 0 Å². The van der Waals surface area contributed by atoms with Crippen LogP contribution in [0.4, 0.5) is 5.69 Å². The third-order valence-corrected chi connectivity index (χ3v) is 0.800. The van der Waals surface area contributed by atoms with E-state index in [9.17, 15) is 0 Å². The van der Waals surface area contributed by atoms with E-state index >= 15 is 0 Å². The Morgan fingerprint density at radius 1 is 1.30 bits per heavy atom. The van der Waals surface area contributed by atoms with Crippen LogP contribution in [0.3, 0.4) is 0 Å². The third-order valence-electron chi connectivity index (χ3n) is 0.800. The first-order valence-corrected chi connectivity index (χ1v) is 2.99. The van der Waals surface area contributed by atoms with Crippen molar-refractivity contribution < 1.29 is 0 Å². The van der Waals surface area contributed by atoms with E-state index in [-0.39, 0.29) is 0 Å². The number of para-hydroxylation sites is 1. The van der Waals surface area contributed by atoms with Crippen LogP contribution in [0.5, 0.6) is 0 Å². The van der Waals surface area contributed by atoms with E-state index in [1.54, 1.807) is 6.92 Å². The van der Waals surface area contributed by atoms with Gasteiger partial charge in [-0.1, -0.05) is 18.2 Å². The number of hydrogen-bond acceptors (Lipinski definition) is 1. The number of nitrogens with two attached hydrogens (primary N) is 1. The van der Waals surface area contributed by atoms with Gasteiger partial charge < -0.3 is 5.73 Å². The average Bonchev–Trinajstić information content (AvgIpc) is 1.91. The molecule has 1 nitrogen and oxygen atoms in total. The van der Waals surface area contributed by atoms with Gasteiger partial charge in [-0.15, -0.1) is 12.3 Å². The third kappa shape index (κ3) is 4.73. The minimum absolute atomic E-state index is 0.822. The van der Waals surface area contributed by atoms with Crippen molar-refractivity contribution in [1.29, 1.82) is 0 Å². The van der Waals surface area contributed by atoms with Crippen LogP contribution < -0.4 is 5.73 Å². The van der Waals surface area contributed by atoms with E-state index in [0.29, 0.717) is 0 Å². The second-order valence-corrected chi connectivity index (χ2v) is 1.70. The molecule has 0 aliphatic heterocycles. The molecule has 0 saturated heterocycles. The van der Waals surface area contributed by atoms with Crippen LogP contribution in [-0.2, 0) is 0 Å². The molecule has 2 N–H and O–H groups in total. The lowest BCUT2D eigenvalue weighted by molar-refractivity contribution is 1.69. The van der Waals surface area contributed by atoms with Crippen molar-refractivity contribution in [2.24, 2.45) is 0 Å². The number of benzene rings is 1. The van der Waals surface area contributed by atoms with Crippen LogP contribution in [0.1, 0.15) is 6.92 Å². The summed E-state index contributed by atoms with van der Waals surface area (Å²) in [5.41, 5.74) is 6.18. The highest BCUT2D eigenvalue weighted by atomic mass is 14.5. The maximum absolute atomic E-state index is 5.36. The second kappa shape index (κ2) is 5.71. The summed E-state index contributed by atoms with van der Waals surface area (Å²) in [6.45, 7) is 1.65. The van der Waals surface area contributed by atoms with Crippen LogP contribution in [0.25, 0.3) is 0 Å². The largest absolute Gasteiger partial charge is 0.399 e. The number of anilines is 1. The highest BCUT2D eigenvalue weighted by Gasteiger charge is 1.72. The Morgan fingerprint density at radius 3 is 1.90 bits per heavy atom. The summed E-state index contributed by atoms with van der Waals surface area (Å²) in [5.74, 6) is 2.25. The lowest BCUT2D eigenvalue weighted by atomic mass is 10.3. The number of nitrogen functional groups attached to an aromatic ring is 1. The summed E-state index contributed by atoms with van der Waals surface area (Å²) in [7, 11) is 0. The molecule has 0 aliphatic rings. The monoisotopic (exact) mass is 133 g/mol. The highest BCUT2D eigenvalue weighted by molar-refractivity contribution is 5.35. The molecule has 0 amide bonds. The van der Waals surface area contributed by atoms with Crippen LogP contribution in [0, 0.1) is 12.3 Å². The van der Waals surface area contributed by atoms with Crippen LogP contribution in [0.2, 0.25) is 0 Å². The Labute approximate surface area is 61.9 Å². The molecule has 1 rings (SSSR count). The summed E-state index contributed by atoms with van der Waals surface area (Å²) < 4.78 is 0. The van der Waals surface area contributed by atoms with E-state index in [4.69, 9.17) is 5.73 Å². The number of hydrogen-bond donors (Lipinski definition) is 1. The van der Waals surface area contributed by atoms with Gasteiger partial charge in [-0.25, -0.2) is 0 Å². The summed E-state index contributed by atoms with van der Waals surface area (Å²) in [6, 6.07) is 9.49.